The van der Waals surface area contributed by atoms with Crippen LogP contribution in [0.25, 0.3) is 0 Å². The molecule has 1 aromatic rings. The molecule has 118 valence electrons. The number of ketones is 1. The van der Waals surface area contributed by atoms with Crippen molar-refractivity contribution < 1.29 is 14.3 Å². The van der Waals surface area contributed by atoms with Crippen molar-refractivity contribution in [2.75, 3.05) is 20.3 Å². The zero-order valence-corrected chi connectivity index (χ0v) is 14.7. The maximum atomic E-state index is 12.6. The second-order valence-corrected chi connectivity index (χ2v) is 5.98. The van der Waals surface area contributed by atoms with E-state index >= 15 is 0 Å². The van der Waals surface area contributed by atoms with E-state index in [1.54, 1.807) is 7.11 Å². The van der Waals surface area contributed by atoms with E-state index in [1.165, 1.54) is 0 Å². The van der Waals surface area contributed by atoms with Gasteiger partial charge >= 0.3 is 0 Å². The number of carbonyl (C=O) groups excluding carboxylic acids is 1. The van der Waals surface area contributed by atoms with E-state index in [0.717, 1.165) is 41.5 Å². The summed E-state index contributed by atoms with van der Waals surface area (Å²) in [6.07, 6.45) is 3.98. The lowest BCUT2D eigenvalue weighted by atomic mass is 9.90. The Hall–Kier alpha value is -0.870. The summed E-state index contributed by atoms with van der Waals surface area (Å²) in [5.74, 6) is 1.11. The van der Waals surface area contributed by atoms with Crippen LogP contribution in [0.2, 0.25) is 0 Å². The van der Waals surface area contributed by atoms with Gasteiger partial charge in [-0.25, -0.2) is 0 Å². The SMILES string of the molecule is CCCC(CCC)C(=O)c1ccc(OCCOC)c(Br)c1. The van der Waals surface area contributed by atoms with Gasteiger partial charge in [0.15, 0.2) is 5.78 Å². The minimum Gasteiger partial charge on any atom is -0.490 e. The van der Waals surface area contributed by atoms with Crippen molar-refractivity contribution in [2.24, 2.45) is 5.92 Å². The molecule has 0 saturated carbocycles. The van der Waals surface area contributed by atoms with Crippen LogP contribution in [0.4, 0.5) is 0 Å². The summed E-state index contributed by atoms with van der Waals surface area (Å²) in [4.78, 5) is 12.6. The summed E-state index contributed by atoms with van der Waals surface area (Å²) in [7, 11) is 1.64. The molecule has 1 aromatic carbocycles. The molecule has 0 fully saturated rings. The fourth-order valence-electron chi connectivity index (χ4n) is 2.35. The quantitative estimate of drug-likeness (QED) is 0.443. The number of hydrogen-bond acceptors (Lipinski definition) is 3. The van der Waals surface area contributed by atoms with Crippen LogP contribution in [0.3, 0.4) is 0 Å². The van der Waals surface area contributed by atoms with Crippen LogP contribution in [0.5, 0.6) is 5.75 Å². The maximum Gasteiger partial charge on any atom is 0.165 e. The van der Waals surface area contributed by atoms with Crippen molar-refractivity contribution >= 4 is 21.7 Å². The first-order valence-electron chi connectivity index (χ1n) is 7.59. The van der Waals surface area contributed by atoms with Gasteiger partial charge in [0.05, 0.1) is 11.1 Å². The van der Waals surface area contributed by atoms with E-state index in [0.29, 0.717) is 13.2 Å². The first-order chi connectivity index (χ1) is 10.1. The highest BCUT2D eigenvalue weighted by Gasteiger charge is 2.19. The molecule has 1 rings (SSSR count). The van der Waals surface area contributed by atoms with Gasteiger partial charge in [-0.1, -0.05) is 26.7 Å². The van der Waals surface area contributed by atoms with Crippen LogP contribution < -0.4 is 4.74 Å². The third-order valence-corrected chi connectivity index (χ3v) is 4.03. The Labute approximate surface area is 136 Å². The molecule has 21 heavy (non-hydrogen) atoms. The van der Waals surface area contributed by atoms with Crippen molar-refractivity contribution in [1.82, 2.24) is 0 Å². The highest BCUT2D eigenvalue weighted by molar-refractivity contribution is 9.10. The minimum atomic E-state index is 0.132. The predicted molar refractivity (Wildman–Crippen MR) is 89.1 cm³/mol. The monoisotopic (exact) mass is 356 g/mol. The lowest BCUT2D eigenvalue weighted by molar-refractivity contribution is 0.0904. The number of halogens is 1. The molecule has 0 bridgehead atoms. The van der Waals surface area contributed by atoms with Gasteiger partial charge < -0.3 is 9.47 Å². The van der Waals surface area contributed by atoms with Crippen molar-refractivity contribution in [1.29, 1.82) is 0 Å². The Kier molecular flexibility index (Phi) is 8.62. The second kappa shape index (κ2) is 9.96. The Morgan fingerprint density at radius 3 is 2.38 bits per heavy atom. The van der Waals surface area contributed by atoms with Gasteiger partial charge in [0.2, 0.25) is 0 Å². The largest absolute Gasteiger partial charge is 0.490 e. The van der Waals surface area contributed by atoms with Crippen molar-refractivity contribution in [3.8, 4) is 5.75 Å². The molecule has 0 aromatic heterocycles. The zero-order chi connectivity index (χ0) is 15.7. The molecule has 0 saturated heterocycles. The third-order valence-electron chi connectivity index (χ3n) is 3.41. The van der Waals surface area contributed by atoms with Crippen molar-refractivity contribution in [3.05, 3.63) is 28.2 Å². The van der Waals surface area contributed by atoms with Gasteiger partial charge in [-0.2, -0.15) is 0 Å². The average Bonchev–Trinajstić information content (AvgIpc) is 2.48. The topological polar surface area (TPSA) is 35.5 Å². The number of hydrogen-bond donors (Lipinski definition) is 0. The number of carbonyl (C=O) groups is 1. The van der Waals surface area contributed by atoms with Crippen LogP contribution >= 0.6 is 15.9 Å². The number of ether oxygens (including phenoxy) is 2. The molecule has 0 spiro atoms. The summed E-state index contributed by atoms with van der Waals surface area (Å²) in [5.41, 5.74) is 0.757. The van der Waals surface area contributed by atoms with E-state index in [1.807, 2.05) is 18.2 Å². The Morgan fingerprint density at radius 2 is 1.86 bits per heavy atom. The van der Waals surface area contributed by atoms with Gasteiger partial charge in [-0.05, 0) is 47.0 Å². The van der Waals surface area contributed by atoms with E-state index in [9.17, 15) is 4.79 Å². The predicted octanol–water partition coefficient (Wildman–Crippen LogP) is 4.87. The molecule has 0 unspecified atom stereocenters. The normalized spacial score (nSPS) is 10.9. The maximum absolute atomic E-state index is 12.6. The molecular weight excluding hydrogens is 332 g/mol. The van der Waals surface area contributed by atoms with E-state index in [4.69, 9.17) is 9.47 Å². The van der Waals surface area contributed by atoms with Crippen LogP contribution in [-0.2, 0) is 4.74 Å². The van der Waals surface area contributed by atoms with E-state index in [-0.39, 0.29) is 11.7 Å². The van der Waals surface area contributed by atoms with Crippen LogP contribution in [-0.4, -0.2) is 26.1 Å². The first kappa shape index (κ1) is 18.2. The van der Waals surface area contributed by atoms with Gasteiger partial charge in [-0.15, -0.1) is 0 Å². The number of Topliss-reactive ketones (excluding diaryl/α,β-unsaturated/α-hetero) is 1. The highest BCUT2D eigenvalue weighted by Crippen LogP contribution is 2.28. The van der Waals surface area contributed by atoms with Crippen LogP contribution in [0, 0.1) is 5.92 Å². The van der Waals surface area contributed by atoms with Gasteiger partial charge in [0, 0.05) is 18.6 Å². The lowest BCUT2D eigenvalue weighted by Gasteiger charge is -2.15. The summed E-state index contributed by atoms with van der Waals surface area (Å²) in [6, 6.07) is 5.57. The molecule has 4 heteroatoms. The Balaban J connectivity index is 2.78. The minimum absolute atomic E-state index is 0.132. The number of benzene rings is 1. The smallest absolute Gasteiger partial charge is 0.165 e. The summed E-state index contributed by atoms with van der Waals surface area (Å²) in [6.45, 7) is 5.29. The number of methoxy groups -OCH3 is 1. The molecular formula is C17H25BrO3. The molecule has 3 nitrogen and oxygen atoms in total. The van der Waals surface area contributed by atoms with E-state index in [2.05, 4.69) is 29.8 Å². The Morgan fingerprint density at radius 1 is 1.19 bits per heavy atom. The Bertz CT molecular complexity index is 440. The summed E-state index contributed by atoms with van der Waals surface area (Å²) < 4.78 is 11.4. The molecule has 0 aliphatic rings. The first-order valence-corrected chi connectivity index (χ1v) is 8.38. The van der Waals surface area contributed by atoms with Crippen molar-refractivity contribution in [3.63, 3.8) is 0 Å². The summed E-state index contributed by atoms with van der Waals surface area (Å²) in [5, 5.41) is 0. The molecule has 0 N–H and O–H groups in total. The van der Waals surface area contributed by atoms with Gasteiger partial charge in [0.25, 0.3) is 0 Å². The standard InChI is InChI=1S/C17H25BrO3/c1-4-6-13(7-5-2)17(19)14-8-9-16(15(18)12-14)21-11-10-20-3/h8-9,12-13H,4-7,10-11H2,1-3H3. The van der Waals surface area contributed by atoms with Gasteiger partial charge in [-0.3, -0.25) is 4.79 Å². The fraction of sp³-hybridized carbons (Fsp3) is 0.588. The van der Waals surface area contributed by atoms with Crippen LogP contribution in [0.15, 0.2) is 22.7 Å². The van der Waals surface area contributed by atoms with Gasteiger partial charge in [0.1, 0.15) is 12.4 Å². The number of rotatable bonds is 10. The third kappa shape index (κ3) is 5.79. The molecule has 0 atom stereocenters. The summed E-state index contributed by atoms with van der Waals surface area (Å²) >= 11 is 3.48. The molecule has 0 radical (unpaired) electrons. The van der Waals surface area contributed by atoms with Crippen LogP contribution in [0.1, 0.15) is 49.9 Å². The van der Waals surface area contributed by atoms with Crippen molar-refractivity contribution in [2.45, 2.75) is 39.5 Å². The van der Waals surface area contributed by atoms with E-state index < -0.39 is 0 Å². The lowest BCUT2D eigenvalue weighted by Crippen LogP contribution is -2.15. The molecule has 0 heterocycles. The zero-order valence-electron chi connectivity index (χ0n) is 13.2. The molecule has 0 amide bonds. The highest BCUT2D eigenvalue weighted by atomic mass is 79.9. The molecule has 0 aliphatic heterocycles. The fourth-order valence-corrected chi connectivity index (χ4v) is 2.84. The molecule has 0 aliphatic carbocycles. The second-order valence-electron chi connectivity index (χ2n) is 5.12. The average molecular weight is 357 g/mol.